The summed E-state index contributed by atoms with van der Waals surface area (Å²) in [4.78, 5) is 54.5. The van der Waals surface area contributed by atoms with E-state index in [4.69, 9.17) is 0 Å². The van der Waals surface area contributed by atoms with Crippen LogP contribution in [0.1, 0.15) is 64.2 Å². The Morgan fingerprint density at radius 2 is 0.958 bits per heavy atom. The van der Waals surface area contributed by atoms with Crippen LogP contribution in [0.5, 0.6) is 0 Å². The Hall–Kier alpha value is -2.48. The van der Waals surface area contributed by atoms with Crippen molar-refractivity contribution in [3.8, 4) is 0 Å². The summed E-state index contributed by atoms with van der Waals surface area (Å²) >= 11 is 0. The molecule has 0 spiro atoms. The van der Waals surface area contributed by atoms with E-state index in [1.165, 1.54) is 24.3 Å². The van der Waals surface area contributed by atoms with Crippen molar-refractivity contribution in [3.63, 3.8) is 0 Å². The van der Waals surface area contributed by atoms with Gasteiger partial charge in [0.25, 0.3) is 5.79 Å². The van der Waals surface area contributed by atoms with Crippen LogP contribution in [0.2, 0.25) is 0 Å². The van der Waals surface area contributed by atoms with Crippen LogP contribution < -0.4 is 0 Å². The largest absolute Gasteiger partial charge is 0.277 e. The molecule has 0 saturated carbocycles. The zero-order valence-corrected chi connectivity index (χ0v) is 13.7. The number of nitrogens with zero attached hydrogens (tertiary/aromatic N) is 4. The van der Waals surface area contributed by atoms with Gasteiger partial charge in [-0.05, 0) is 12.8 Å². The van der Waals surface area contributed by atoms with Gasteiger partial charge < -0.3 is 0 Å². The first kappa shape index (κ1) is 21.5. The molecule has 8 heteroatoms. The highest BCUT2D eigenvalue weighted by molar-refractivity contribution is 5.42. The van der Waals surface area contributed by atoms with Crippen LogP contribution in [0, 0.1) is 0 Å². The maximum atomic E-state index is 10.4. The van der Waals surface area contributed by atoms with Crippen LogP contribution in [0.15, 0.2) is 20.0 Å². The van der Waals surface area contributed by atoms with Gasteiger partial charge in [0.1, 0.15) is 0 Å². The van der Waals surface area contributed by atoms with Gasteiger partial charge in [0.05, 0.1) is 6.54 Å². The lowest BCUT2D eigenvalue weighted by Gasteiger charge is -2.14. The zero-order chi connectivity index (χ0) is 17.9. The van der Waals surface area contributed by atoms with Gasteiger partial charge in [-0.15, -0.1) is 0 Å². The molecule has 0 bridgehead atoms. The van der Waals surface area contributed by atoms with E-state index in [-0.39, 0.29) is 6.42 Å². The normalized spacial score (nSPS) is 11.8. The molecule has 0 atom stereocenters. The molecule has 0 unspecified atom stereocenters. The molecule has 0 amide bonds. The van der Waals surface area contributed by atoms with E-state index < -0.39 is 5.79 Å². The van der Waals surface area contributed by atoms with E-state index >= 15 is 0 Å². The SMILES string of the molecule is O=C=NCCCCCCCCCCCC(N=C=O)(N=C=O)N=C=O. The van der Waals surface area contributed by atoms with E-state index in [9.17, 15) is 19.2 Å². The Morgan fingerprint density at radius 3 is 1.38 bits per heavy atom. The van der Waals surface area contributed by atoms with Crippen LogP contribution in [0.3, 0.4) is 0 Å². The molecule has 0 radical (unpaired) electrons. The molecule has 8 nitrogen and oxygen atoms in total. The van der Waals surface area contributed by atoms with Crippen molar-refractivity contribution in [2.75, 3.05) is 6.54 Å². The third-order valence-electron chi connectivity index (χ3n) is 3.52. The summed E-state index contributed by atoms with van der Waals surface area (Å²) in [6.07, 6.45) is 14.4. The summed E-state index contributed by atoms with van der Waals surface area (Å²) in [5.41, 5.74) is 0. The number of unbranched alkanes of at least 4 members (excludes halogenated alkanes) is 8. The summed E-state index contributed by atoms with van der Waals surface area (Å²) in [7, 11) is 0. The molecule has 0 aliphatic rings. The standard InChI is InChI=1S/C16H22N4O4/c21-12-17-11-9-7-5-3-1-2-4-6-8-10-16(18-13-22,19-14-23)20-15-24/h1-11H2. The molecule has 0 aromatic heterocycles. The topological polar surface area (TPSA) is 118 Å². The highest BCUT2D eigenvalue weighted by atomic mass is 16.1. The lowest BCUT2D eigenvalue weighted by molar-refractivity contribution is 0.398. The monoisotopic (exact) mass is 334 g/mol. The molecular weight excluding hydrogens is 312 g/mol. The number of aliphatic imine (C=N–C) groups is 4. The summed E-state index contributed by atoms with van der Waals surface area (Å²) in [6.45, 7) is 0.557. The van der Waals surface area contributed by atoms with Crippen LogP contribution in [0.25, 0.3) is 0 Å². The number of isocyanates is 4. The van der Waals surface area contributed by atoms with Crippen molar-refractivity contribution >= 4 is 24.3 Å². The second kappa shape index (κ2) is 15.4. The molecule has 0 aromatic rings. The fourth-order valence-electron chi connectivity index (χ4n) is 2.30. The second-order valence-corrected chi connectivity index (χ2v) is 5.29. The highest BCUT2D eigenvalue weighted by Crippen LogP contribution is 2.22. The molecule has 24 heavy (non-hydrogen) atoms. The minimum atomic E-state index is -1.74. The molecule has 0 aliphatic carbocycles. The number of carbonyl (C=O) groups excluding carboxylic acids is 4. The van der Waals surface area contributed by atoms with E-state index in [0.29, 0.717) is 13.0 Å². The average molecular weight is 334 g/mol. The Bertz CT molecular complexity index is 493. The highest BCUT2D eigenvalue weighted by Gasteiger charge is 2.28. The van der Waals surface area contributed by atoms with E-state index in [1.54, 1.807) is 0 Å². The van der Waals surface area contributed by atoms with E-state index in [0.717, 1.165) is 51.4 Å². The molecule has 0 rings (SSSR count). The fourth-order valence-corrected chi connectivity index (χ4v) is 2.30. The lowest BCUT2D eigenvalue weighted by atomic mass is 10.0. The van der Waals surface area contributed by atoms with E-state index in [1.807, 2.05) is 0 Å². The second-order valence-electron chi connectivity index (χ2n) is 5.29. The van der Waals surface area contributed by atoms with Gasteiger partial charge in [0.2, 0.25) is 24.3 Å². The van der Waals surface area contributed by atoms with Crippen LogP contribution >= 0.6 is 0 Å². The van der Waals surface area contributed by atoms with Gasteiger partial charge in [-0.3, -0.25) is 0 Å². The third-order valence-corrected chi connectivity index (χ3v) is 3.52. The maximum Gasteiger partial charge on any atom is 0.277 e. The molecule has 0 fully saturated rings. The third kappa shape index (κ3) is 11.1. The number of rotatable bonds is 15. The molecule has 0 aromatic carbocycles. The Kier molecular flexibility index (Phi) is 13.8. The van der Waals surface area contributed by atoms with Crippen LogP contribution in [-0.4, -0.2) is 36.7 Å². The van der Waals surface area contributed by atoms with Gasteiger partial charge in [-0.25, -0.2) is 24.2 Å². The predicted molar refractivity (Wildman–Crippen MR) is 86.3 cm³/mol. The molecule has 0 N–H and O–H groups in total. The average Bonchev–Trinajstić information content (AvgIpc) is 2.56. The summed E-state index contributed by atoms with van der Waals surface area (Å²) in [6, 6.07) is 0. The Labute approximate surface area is 140 Å². The van der Waals surface area contributed by atoms with Crippen molar-refractivity contribution in [2.24, 2.45) is 20.0 Å². The van der Waals surface area contributed by atoms with E-state index in [2.05, 4.69) is 20.0 Å². The van der Waals surface area contributed by atoms with Gasteiger partial charge >= 0.3 is 0 Å². The van der Waals surface area contributed by atoms with Crippen LogP contribution in [-0.2, 0) is 19.2 Å². The van der Waals surface area contributed by atoms with Crippen molar-refractivity contribution in [1.29, 1.82) is 0 Å². The molecule has 0 saturated heterocycles. The van der Waals surface area contributed by atoms with Crippen molar-refractivity contribution < 1.29 is 19.2 Å². The first-order valence-electron chi connectivity index (χ1n) is 8.05. The molecular formula is C16H22N4O4. The zero-order valence-electron chi connectivity index (χ0n) is 13.7. The minimum Gasteiger partial charge on any atom is -0.211 e. The Morgan fingerprint density at radius 1 is 0.542 bits per heavy atom. The van der Waals surface area contributed by atoms with Crippen molar-refractivity contribution in [2.45, 2.75) is 70.0 Å². The van der Waals surface area contributed by atoms with Gasteiger partial charge in [0.15, 0.2) is 0 Å². The Balaban J connectivity index is 3.83. The van der Waals surface area contributed by atoms with Gasteiger partial charge in [-0.2, -0.15) is 15.0 Å². The number of hydrogen-bond acceptors (Lipinski definition) is 8. The smallest absolute Gasteiger partial charge is 0.211 e. The first-order chi connectivity index (χ1) is 11.7. The summed E-state index contributed by atoms with van der Waals surface area (Å²) in [5.74, 6) is -1.74. The van der Waals surface area contributed by atoms with Crippen molar-refractivity contribution in [1.82, 2.24) is 0 Å². The molecule has 130 valence electrons. The maximum absolute atomic E-state index is 10.4. The lowest BCUT2D eigenvalue weighted by Crippen LogP contribution is -2.20. The summed E-state index contributed by atoms with van der Waals surface area (Å²) < 4.78 is 0. The number of hydrogen-bond donors (Lipinski definition) is 0. The van der Waals surface area contributed by atoms with Gasteiger partial charge in [-0.1, -0.05) is 44.9 Å². The quantitative estimate of drug-likeness (QED) is 0.260. The molecule has 0 heterocycles. The first-order valence-corrected chi connectivity index (χ1v) is 8.05. The minimum absolute atomic E-state index is 0.171. The molecule has 0 aliphatic heterocycles. The summed E-state index contributed by atoms with van der Waals surface area (Å²) in [5, 5.41) is 0. The van der Waals surface area contributed by atoms with Crippen LogP contribution in [0.4, 0.5) is 0 Å². The fraction of sp³-hybridized carbons (Fsp3) is 0.750. The van der Waals surface area contributed by atoms with Gasteiger partial charge in [0, 0.05) is 6.42 Å². The van der Waals surface area contributed by atoms with Crippen molar-refractivity contribution in [3.05, 3.63) is 0 Å². The predicted octanol–water partition coefficient (Wildman–Crippen LogP) is 2.88.